The molecule has 2 amide bonds. The molecule has 1 fully saturated rings. The molecule has 1 atom stereocenters. The van der Waals surface area contributed by atoms with Crippen LogP contribution in [0.4, 0.5) is 5.69 Å². The van der Waals surface area contributed by atoms with Crippen LogP contribution in [0.1, 0.15) is 29.0 Å². The third kappa shape index (κ3) is 6.17. The Morgan fingerprint density at radius 2 is 1.97 bits per heavy atom. The van der Waals surface area contributed by atoms with Crippen LogP contribution in [0.5, 0.6) is 0 Å². The highest BCUT2D eigenvalue weighted by molar-refractivity contribution is 7.91. The van der Waals surface area contributed by atoms with E-state index in [0.717, 1.165) is 0 Å². The van der Waals surface area contributed by atoms with Crippen LogP contribution in [0.3, 0.4) is 0 Å². The second-order valence-electron chi connectivity index (χ2n) is 7.37. The summed E-state index contributed by atoms with van der Waals surface area (Å²) in [6.45, 7) is -0.302. The van der Waals surface area contributed by atoms with Gasteiger partial charge in [-0.2, -0.15) is 0 Å². The lowest BCUT2D eigenvalue weighted by molar-refractivity contribution is -0.148. The number of carbonyl (C=O) groups is 3. The number of rotatable bonds is 8. The van der Waals surface area contributed by atoms with Crippen molar-refractivity contribution in [3.63, 3.8) is 0 Å². The summed E-state index contributed by atoms with van der Waals surface area (Å²) in [6.07, 6.45) is 1.89. The van der Waals surface area contributed by atoms with Crippen molar-refractivity contribution in [2.75, 3.05) is 30.1 Å². The smallest absolute Gasteiger partial charge is 0.306 e. The fourth-order valence-electron chi connectivity index (χ4n) is 3.33. The van der Waals surface area contributed by atoms with E-state index in [1.807, 2.05) is 0 Å². The van der Waals surface area contributed by atoms with Crippen LogP contribution < -0.4 is 10.2 Å². The number of esters is 1. The number of carbonyl (C=O) groups excluding carboxylic acids is 3. The van der Waals surface area contributed by atoms with Gasteiger partial charge in [0.15, 0.2) is 16.4 Å². The van der Waals surface area contributed by atoms with E-state index < -0.39 is 28.3 Å². The van der Waals surface area contributed by atoms with Gasteiger partial charge in [0.2, 0.25) is 0 Å². The number of furan rings is 1. The molecule has 1 aromatic heterocycles. The number of benzene rings is 1. The lowest BCUT2D eigenvalue weighted by atomic mass is 10.1. The van der Waals surface area contributed by atoms with E-state index in [4.69, 9.17) is 9.15 Å². The van der Waals surface area contributed by atoms with Crippen LogP contribution in [-0.4, -0.2) is 51.4 Å². The number of hydrogen-bond donors (Lipinski definition) is 1. The minimum absolute atomic E-state index is 0.0313. The third-order valence-electron chi connectivity index (χ3n) is 5.03. The van der Waals surface area contributed by atoms with Gasteiger partial charge in [-0.15, -0.1) is 0 Å². The monoisotopic (exact) mass is 448 g/mol. The van der Waals surface area contributed by atoms with Crippen LogP contribution in [0.25, 0.3) is 0 Å². The second kappa shape index (κ2) is 9.78. The van der Waals surface area contributed by atoms with Gasteiger partial charge in [-0.05, 0) is 36.6 Å². The van der Waals surface area contributed by atoms with Gasteiger partial charge in [0.05, 0.1) is 35.6 Å². The highest BCUT2D eigenvalue weighted by atomic mass is 32.2. The molecule has 2 heterocycles. The largest absolute Gasteiger partial charge is 0.467 e. The molecule has 1 saturated heterocycles. The SMILES string of the molecule is CN(C(=O)COC(=O)CC1CCS(=O)(=O)C1)c1ccccc1C(=O)NCc1ccco1. The summed E-state index contributed by atoms with van der Waals surface area (Å²) in [7, 11) is -1.60. The van der Waals surface area contributed by atoms with E-state index in [2.05, 4.69) is 5.32 Å². The molecule has 0 spiro atoms. The molecule has 10 heteroatoms. The Morgan fingerprint density at radius 3 is 2.65 bits per heavy atom. The maximum atomic E-state index is 12.6. The van der Waals surface area contributed by atoms with Gasteiger partial charge in [0.25, 0.3) is 11.8 Å². The number of nitrogens with zero attached hydrogens (tertiary/aromatic N) is 1. The Bertz CT molecular complexity index is 1050. The molecule has 1 aromatic carbocycles. The predicted molar refractivity (Wildman–Crippen MR) is 112 cm³/mol. The van der Waals surface area contributed by atoms with Crippen molar-refractivity contribution in [2.45, 2.75) is 19.4 Å². The average Bonchev–Trinajstić information content (AvgIpc) is 3.38. The first-order valence-electron chi connectivity index (χ1n) is 9.77. The summed E-state index contributed by atoms with van der Waals surface area (Å²) in [4.78, 5) is 38.3. The fourth-order valence-corrected chi connectivity index (χ4v) is 5.20. The Hall–Kier alpha value is -3.14. The quantitative estimate of drug-likeness (QED) is 0.608. The maximum Gasteiger partial charge on any atom is 0.306 e. The fraction of sp³-hybridized carbons (Fsp3) is 0.381. The zero-order chi connectivity index (χ0) is 22.4. The minimum Gasteiger partial charge on any atom is -0.467 e. The van der Waals surface area contributed by atoms with Crippen molar-refractivity contribution in [3.8, 4) is 0 Å². The molecular formula is C21H24N2O7S. The van der Waals surface area contributed by atoms with Crippen molar-refractivity contribution in [2.24, 2.45) is 5.92 Å². The van der Waals surface area contributed by atoms with Gasteiger partial charge in [0, 0.05) is 13.5 Å². The first-order chi connectivity index (χ1) is 14.7. The summed E-state index contributed by atoms with van der Waals surface area (Å²) in [5.74, 6) is -1.15. The third-order valence-corrected chi connectivity index (χ3v) is 6.86. The molecule has 9 nitrogen and oxygen atoms in total. The second-order valence-corrected chi connectivity index (χ2v) is 9.59. The van der Waals surface area contributed by atoms with E-state index in [1.54, 1.807) is 36.4 Å². The minimum atomic E-state index is -3.08. The Balaban J connectivity index is 1.55. The molecule has 0 aliphatic carbocycles. The van der Waals surface area contributed by atoms with Crippen LogP contribution in [0, 0.1) is 5.92 Å². The van der Waals surface area contributed by atoms with E-state index in [1.165, 1.54) is 18.2 Å². The summed E-state index contributed by atoms with van der Waals surface area (Å²) >= 11 is 0. The van der Waals surface area contributed by atoms with Gasteiger partial charge < -0.3 is 19.4 Å². The van der Waals surface area contributed by atoms with Crippen LogP contribution in [0.2, 0.25) is 0 Å². The molecule has 1 aliphatic rings. The first-order valence-corrected chi connectivity index (χ1v) is 11.6. The number of hydrogen-bond acceptors (Lipinski definition) is 7. The van der Waals surface area contributed by atoms with Crippen molar-refractivity contribution in [1.29, 1.82) is 0 Å². The molecule has 0 radical (unpaired) electrons. The summed E-state index contributed by atoms with van der Waals surface area (Å²) in [6, 6.07) is 10.0. The van der Waals surface area contributed by atoms with Crippen molar-refractivity contribution < 1.29 is 32.0 Å². The van der Waals surface area contributed by atoms with E-state index in [9.17, 15) is 22.8 Å². The predicted octanol–water partition coefficient (Wildman–Crippen LogP) is 1.54. The molecule has 3 rings (SSSR count). The molecule has 166 valence electrons. The zero-order valence-electron chi connectivity index (χ0n) is 17.1. The van der Waals surface area contributed by atoms with Crippen molar-refractivity contribution in [3.05, 3.63) is 54.0 Å². The molecule has 31 heavy (non-hydrogen) atoms. The molecule has 1 N–H and O–H groups in total. The number of anilines is 1. The molecule has 1 aliphatic heterocycles. The molecule has 1 unspecified atom stereocenters. The number of sulfone groups is 1. The van der Waals surface area contributed by atoms with E-state index >= 15 is 0 Å². The number of ether oxygens (including phenoxy) is 1. The topological polar surface area (TPSA) is 123 Å². The number of likely N-dealkylation sites (N-methyl/N-ethyl adjacent to an activating group) is 1. The standard InChI is InChI=1S/C21H24N2O7S/c1-23(19(24)13-30-20(25)11-15-8-10-31(27,28)14-15)18-7-3-2-6-17(18)21(26)22-12-16-5-4-9-29-16/h2-7,9,15H,8,10-14H2,1H3,(H,22,26). The van der Waals surface area contributed by atoms with Crippen LogP contribution >= 0.6 is 0 Å². The molecule has 0 saturated carbocycles. The Kier molecular flexibility index (Phi) is 7.11. The maximum absolute atomic E-state index is 12.6. The van der Waals surface area contributed by atoms with Gasteiger partial charge in [-0.3, -0.25) is 14.4 Å². The number of amides is 2. The van der Waals surface area contributed by atoms with Crippen LogP contribution in [0.15, 0.2) is 47.1 Å². The lowest BCUT2D eigenvalue weighted by Gasteiger charge is -2.20. The normalized spacial score (nSPS) is 17.1. The summed E-state index contributed by atoms with van der Waals surface area (Å²) < 4.78 is 33.2. The average molecular weight is 448 g/mol. The summed E-state index contributed by atoms with van der Waals surface area (Å²) in [5, 5.41) is 2.73. The van der Waals surface area contributed by atoms with E-state index in [-0.39, 0.29) is 41.9 Å². The Morgan fingerprint density at radius 1 is 1.19 bits per heavy atom. The number of nitrogens with one attached hydrogen (secondary N) is 1. The Labute approximate surface area is 180 Å². The molecule has 0 bridgehead atoms. The molecular weight excluding hydrogens is 424 g/mol. The van der Waals surface area contributed by atoms with Crippen LogP contribution in [-0.2, 0) is 30.7 Å². The van der Waals surface area contributed by atoms with Gasteiger partial charge in [-0.25, -0.2) is 8.42 Å². The number of para-hydroxylation sites is 1. The summed E-state index contributed by atoms with van der Waals surface area (Å²) in [5.41, 5.74) is 0.648. The van der Waals surface area contributed by atoms with Gasteiger partial charge in [-0.1, -0.05) is 12.1 Å². The van der Waals surface area contributed by atoms with Gasteiger partial charge in [0.1, 0.15) is 5.76 Å². The van der Waals surface area contributed by atoms with Gasteiger partial charge >= 0.3 is 5.97 Å². The zero-order valence-corrected chi connectivity index (χ0v) is 17.9. The lowest BCUT2D eigenvalue weighted by Crippen LogP contribution is -2.33. The molecule has 2 aromatic rings. The van der Waals surface area contributed by atoms with E-state index in [0.29, 0.717) is 17.9 Å². The highest BCUT2D eigenvalue weighted by Crippen LogP contribution is 2.22. The van der Waals surface area contributed by atoms with Crippen molar-refractivity contribution in [1.82, 2.24) is 5.32 Å². The van der Waals surface area contributed by atoms with Crippen molar-refractivity contribution >= 4 is 33.3 Å². The highest BCUT2D eigenvalue weighted by Gasteiger charge is 2.30. The first kappa shape index (κ1) is 22.5.